The van der Waals surface area contributed by atoms with Crippen LogP contribution in [0.3, 0.4) is 0 Å². The molecule has 3 aliphatic carbocycles. The predicted octanol–water partition coefficient (Wildman–Crippen LogP) is 5.62. The minimum atomic E-state index is -0.289. The van der Waals surface area contributed by atoms with Gasteiger partial charge in [0.15, 0.2) is 5.78 Å². The van der Waals surface area contributed by atoms with Crippen LogP contribution in [-0.4, -0.2) is 10.8 Å². The number of aromatic nitrogens is 1. The normalized spacial score (nSPS) is 26.9. The summed E-state index contributed by atoms with van der Waals surface area (Å²) in [4.78, 5) is 19.6. The lowest BCUT2D eigenvalue weighted by molar-refractivity contribution is -0.119. The van der Waals surface area contributed by atoms with Crippen molar-refractivity contribution in [3.63, 3.8) is 0 Å². The lowest BCUT2D eigenvalue weighted by atomic mass is 9.58. The van der Waals surface area contributed by atoms with E-state index in [1.165, 1.54) is 47.4 Å². The number of nitrogens with zero attached hydrogens (tertiary/aromatic N) is 1. The summed E-state index contributed by atoms with van der Waals surface area (Å²) in [6.07, 6.45) is 8.70. The topological polar surface area (TPSA) is 30.0 Å². The first-order valence-electron chi connectivity index (χ1n) is 9.93. The second-order valence-electron chi connectivity index (χ2n) is 8.39. The Kier molecular flexibility index (Phi) is 3.72. The van der Waals surface area contributed by atoms with E-state index in [-0.39, 0.29) is 10.8 Å². The third-order valence-electron chi connectivity index (χ3n) is 7.05. The summed E-state index contributed by atoms with van der Waals surface area (Å²) in [6.45, 7) is 2.24. The summed E-state index contributed by atoms with van der Waals surface area (Å²) < 4.78 is 0. The zero-order valence-electron chi connectivity index (χ0n) is 15.4. The Hall–Kier alpha value is -1.74. The van der Waals surface area contributed by atoms with Gasteiger partial charge in [-0.3, -0.25) is 4.79 Å². The van der Waals surface area contributed by atoms with Gasteiger partial charge in [0.05, 0.1) is 16.6 Å². The Balaban J connectivity index is 1.75. The van der Waals surface area contributed by atoms with Gasteiger partial charge in [0, 0.05) is 23.3 Å². The van der Waals surface area contributed by atoms with Crippen molar-refractivity contribution in [1.29, 1.82) is 0 Å². The highest BCUT2D eigenvalue weighted by atomic mass is 32.1. The number of allylic oxidation sites excluding steroid dienone is 2. The quantitative estimate of drug-likeness (QED) is 0.693. The molecular formula is C23H25NOS. The van der Waals surface area contributed by atoms with Crippen LogP contribution < -0.4 is 0 Å². The minimum absolute atomic E-state index is 0.250. The molecule has 0 aliphatic heterocycles. The van der Waals surface area contributed by atoms with E-state index in [1.54, 1.807) is 11.3 Å². The molecule has 3 aliphatic rings. The Bertz CT molecular complexity index is 888. The lowest BCUT2D eigenvalue weighted by Gasteiger charge is -2.45. The third-order valence-corrected chi connectivity index (χ3v) is 8.08. The maximum absolute atomic E-state index is 13.6. The van der Waals surface area contributed by atoms with Crippen molar-refractivity contribution in [3.8, 4) is 0 Å². The van der Waals surface area contributed by atoms with Crippen LogP contribution in [0.15, 0.2) is 47.0 Å². The van der Waals surface area contributed by atoms with Crippen molar-refractivity contribution in [1.82, 2.24) is 4.98 Å². The number of thiazole rings is 1. The number of hydrogen-bond acceptors (Lipinski definition) is 3. The lowest BCUT2D eigenvalue weighted by Crippen LogP contribution is -2.42. The SMILES string of the molecule is CC[C@]1(c2ccccc2)C2=C(Cc3ncsc31)CC1(CCCC1)CC2=O. The molecule has 0 saturated heterocycles. The van der Waals surface area contributed by atoms with Gasteiger partial charge in [-0.1, -0.05) is 55.7 Å². The van der Waals surface area contributed by atoms with E-state index in [2.05, 4.69) is 37.3 Å². The molecule has 2 aromatic rings. The Morgan fingerprint density at radius 2 is 1.88 bits per heavy atom. The standard InChI is InChI=1S/C23H25NOS/c1-2-23(17-8-4-3-5-9-17)20-16(12-18-21(23)26-15-24-18)13-22(14-19(20)25)10-6-7-11-22/h3-5,8-9,15H,2,6-7,10-14H2,1H3/t23-/m0/s1. The molecule has 1 aromatic heterocycles. The average Bonchev–Trinajstić information content (AvgIpc) is 3.30. The molecule has 0 N–H and O–H groups in total. The third kappa shape index (κ3) is 2.16. The van der Waals surface area contributed by atoms with Crippen LogP contribution in [0.1, 0.15) is 68.0 Å². The Labute approximate surface area is 159 Å². The molecular weight excluding hydrogens is 338 g/mol. The number of fused-ring (bicyclic) bond motifs is 1. The minimum Gasteiger partial charge on any atom is -0.294 e. The summed E-state index contributed by atoms with van der Waals surface area (Å²) in [5.41, 5.74) is 6.93. The second-order valence-corrected chi connectivity index (χ2v) is 9.25. The zero-order valence-corrected chi connectivity index (χ0v) is 16.2. The molecule has 134 valence electrons. The maximum Gasteiger partial charge on any atom is 0.160 e. The van der Waals surface area contributed by atoms with Crippen LogP contribution in [0.2, 0.25) is 0 Å². The molecule has 0 unspecified atom stereocenters. The smallest absolute Gasteiger partial charge is 0.160 e. The molecule has 0 radical (unpaired) electrons. The average molecular weight is 364 g/mol. The van der Waals surface area contributed by atoms with Crippen molar-refractivity contribution in [2.45, 2.75) is 63.7 Å². The summed E-state index contributed by atoms with van der Waals surface area (Å²) in [5.74, 6) is 0.415. The highest BCUT2D eigenvalue weighted by molar-refractivity contribution is 7.10. The fraction of sp³-hybridized carbons (Fsp3) is 0.478. The molecule has 0 bridgehead atoms. The molecule has 26 heavy (non-hydrogen) atoms. The first-order chi connectivity index (χ1) is 12.7. The second kappa shape index (κ2) is 5.88. The molecule has 0 amide bonds. The van der Waals surface area contributed by atoms with Gasteiger partial charge in [0.25, 0.3) is 0 Å². The number of Topliss-reactive ketones (excluding diaryl/α,β-unsaturated/α-hetero) is 1. The van der Waals surface area contributed by atoms with E-state index in [0.29, 0.717) is 5.78 Å². The first kappa shape index (κ1) is 16.4. The fourth-order valence-electron chi connectivity index (χ4n) is 6.00. The molecule has 2 nitrogen and oxygen atoms in total. The molecule has 1 saturated carbocycles. The molecule has 3 heteroatoms. The summed E-state index contributed by atoms with van der Waals surface area (Å²) >= 11 is 1.74. The highest BCUT2D eigenvalue weighted by Gasteiger charge is 2.52. The molecule has 1 heterocycles. The van der Waals surface area contributed by atoms with Crippen LogP contribution in [0.25, 0.3) is 0 Å². The largest absolute Gasteiger partial charge is 0.294 e. The van der Waals surface area contributed by atoms with Gasteiger partial charge in [-0.2, -0.15) is 0 Å². The molecule has 1 atom stereocenters. The van der Waals surface area contributed by atoms with Gasteiger partial charge in [0.1, 0.15) is 0 Å². The van der Waals surface area contributed by atoms with E-state index in [0.717, 1.165) is 31.3 Å². The molecule has 1 spiro atoms. The number of ketones is 1. The highest BCUT2D eigenvalue weighted by Crippen LogP contribution is 2.58. The van der Waals surface area contributed by atoms with Gasteiger partial charge in [-0.15, -0.1) is 11.3 Å². The monoisotopic (exact) mass is 363 g/mol. The predicted molar refractivity (Wildman–Crippen MR) is 105 cm³/mol. The van der Waals surface area contributed by atoms with Gasteiger partial charge in [0.2, 0.25) is 0 Å². The van der Waals surface area contributed by atoms with Crippen LogP contribution in [-0.2, 0) is 16.6 Å². The number of hydrogen-bond donors (Lipinski definition) is 0. The van der Waals surface area contributed by atoms with Gasteiger partial charge >= 0.3 is 0 Å². The number of carbonyl (C=O) groups excluding carboxylic acids is 1. The van der Waals surface area contributed by atoms with Crippen LogP contribution in [0.4, 0.5) is 0 Å². The van der Waals surface area contributed by atoms with Crippen LogP contribution >= 0.6 is 11.3 Å². The Morgan fingerprint density at radius 3 is 2.62 bits per heavy atom. The van der Waals surface area contributed by atoms with Crippen molar-refractivity contribution in [3.05, 3.63) is 63.1 Å². The van der Waals surface area contributed by atoms with Gasteiger partial charge in [-0.25, -0.2) is 4.98 Å². The van der Waals surface area contributed by atoms with Crippen molar-refractivity contribution in [2.24, 2.45) is 5.41 Å². The molecule has 1 fully saturated rings. The zero-order chi connectivity index (χ0) is 17.8. The van der Waals surface area contributed by atoms with Crippen LogP contribution in [0.5, 0.6) is 0 Å². The molecule has 1 aromatic carbocycles. The maximum atomic E-state index is 13.6. The van der Waals surface area contributed by atoms with E-state index in [4.69, 9.17) is 4.98 Å². The Morgan fingerprint density at radius 1 is 1.12 bits per heavy atom. The van der Waals surface area contributed by atoms with Crippen LogP contribution in [0, 0.1) is 5.41 Å². The number of benzene rings is 1. The van der Waals surface area contributed by atoms with E-state index in [1.807, 2.05) is 5.51 Å². The fourth-order valence-corrected chi connectivity index (χ4v) is 7.11. The summed E-state index contributed by atoms with van der Waals surface area (Å²) in [7, 11) is 0. The molecule has 5 rings (SSSR count). The first-order valence-corrected chi connectivity index (χ1v) is 10.8. The summed E-state index contributed by atoms with van der Waals surface area (Å²) in [5, 5.41) is 0. The van der Waals surface area contributed by atoms with E-state index < -0.39 is 0 Å². The number of rotatable bonds is 2. The van der Waals surface area contributed by atoms with Crippen molar-refractivity contribution >= 4 is 17.1 Å². The van der Waals surface area contributed by atoms with E-state index in [9.17, 15) is 4.79 Å². The summed E-state index contributed by atoms with van der Waals surface area (Å²) in [6, 6.07) is 10.7. The van der Waals surface area contributed by atoms with Gasteiger partial charge < -0.3 is 0 Å². The van der Waals surface area contributed by atoms with Crippen molar-refractivity contribution < 1.29 is 4.79 Å². The number of carbonyl (C=O) groups is 1. The van der Waals surface area contributed by atoms with E-state index >= 15 is 0 Å². The van der Waals surface area contributed by atoms with Crippen molar-refractivity contribution in [2.75, 3.05) is 0 Å². The van der Waals surface area contributed by atoms with Gasteiger partial charge in [-0.05, 0) is 36.7 Å².